The number of hydrogen-bond donors (Lipinski definition) is 2. The maximum absolute atomic E-state index is 9.45. The highest BCUT2D eigenvalue weighted by atomic mass is 35.5. The first-order valence-corrected chi connectivity index (χ1v) is 3.19. The van der Waals surface area contributed by atoms with E-state index in [1.165, 1.54) is 18.0 Å². The Morgan fingerprint density at radius 2 is 1.70 bits per heavy atom. The van der Waals surface area contributed by atoms with E-state index in [0.717, 1.165) is 0 Å². The summed E-state index contributed by atoms with van der Waals surface area (Å²) < 4.78 is 0. The second kappa shape index (κ2) is 8.75. The standard InChI is InChI=1S/C3H6O3.C2H2Cl2/c1-2(4)3(5)6;3-1-2-4/h2,4H,1H3,(H,5,6);1-2H. The van der Waals surface area contributed by atoms with Gasteiger partial charge in [-0.2, -0.15) is 0 Å². The minimum Gasteiger partial charge on any atom is -0.479 e. The molecule has 0 aliphatic heterocycles. The summed E-state index contributed by atoms with van der Waals surface area (Å²) >= 11 is 9.75. The van der Waals surface area contributed by atoms with E-state index in [2.05, 4.69) is 0 Å². The molecule has 5 heteroatoms. The first kappa shape index (κ1) is 12.4. The van der Waals surface area contributed by atoms with E-state index in [1.807, 2.05) is 0 Å². The average molecular weight is 187 g/mol. The van der Waals surface area contributed by atoms with Gasteiger partial charge in [-0.1, -0.05) is 23.2 Å². The van der Waals surface area contributed by atoms with Crippen LogP contribution >= 0.6 is 23.2 Å². The molecule has 0 saturated carbocycles. The zero-order chi connectivity index (χ0) is 8.57. The molecule has 0 heterocycles. The molecule has 0 radical (unpaired) electrons. The fraction of sp³-hybridized carbons (Fsp3) is 0.400. The number of carbonyl (C=O) groups is 1. The summed E-state index contributed by atoms with van der Waals surface area (Å²) in [5.41, 5.74) is 2.48. The molecule has 0 spiro atoms. The van der Waals surface area contributed by atoms with Crippen molar-refractivity contribution in [2.24, 2.45) is 0 Å². The van der Waals surface area contributed by atoms with Gasteiger partial charge in [-0.15, -0.1) is 0 Å². The van der Waals surface area contributed by atoms with Gasteiger partial charge in [0, 0.05) is 11.1 Å². The number of carboxylic acids is 1. The van der Waals surface area contributed by atoms with Crippen LogP contribution in [0.5, 0.6) is 0 Å². The number of halogens is 2. The van der Waals surface area contributed by atoms with Crippen LogP contribution in [0, 0.1) is 0 Å². The number of rotatable bonds is 1. The normalized spacial score (nSPS) is 12.0. The maximum Gasteiger partial charge on any atom is 0.332 e. The van der Waals surface area contributed by atoms with E-state index in [-0.39, 0.29) is 0 Å². The van der Waals surface area contributed by atoms with Crippen molar-refractivity contribution in [1.82, 2.24) is 0 Å². The molecule has 60 valence electrons. The Hall–Kier alpha value is -0.250. The summed E-state index contributed by atoms with van der Waals surface area (Å²) in [6.45, 7) is 1.20. The van der Waals surface area contributed by atoms with Crippen LogP contribution in [0.1, 0.15) is 6.92 Å². The summed E-state index contributed by atoms with van der Waals surface area (Å²) in [7, 11) is 0. The van der Waals surface area contributed by atoms with Gasteiger partial charge in [-0.05, 0) is 6.92 Å². The Morgan fingerprint density at radius 1 is 1.50 bits per heavy atom. The Kier molecular flexibility index (Phi) is 10.9. The summed E-state index contributed by atoms with van der Waals surface area (Å²) in [5, 5.41) is 15.8. The lowest BCUT2D eigenvalue weighted by Gasteiger charge is -1.89. The van der Waals surface area contributed by atoms with E-state index in [4.69, 9.17) is 33.4 Å². The molecule has 0 aromatic rings. The molecule has 0 aromatic carbocycles. The summed E-state index contributed by atoms with van der Waals surface area (Å²) in [6, 6.07) is 0. The van der Waals surface area contributed by atoms with E-state index in [9.17, 15) is 4.79 Å². The highest BCUT2D eigenvalue weighted by Crippen LogP contribution is 1.78. The Morgan fingerprint density at radius 3 is 1.70 bits per heavy atom. The average Bonchev–Trinajstić information content (AvgIpc) is 1.89. The smallest absolute Gasteiger partial charge is 0.332 e. The minimum absolute atomic E-state index is 1.19. The molecule has 0 aromatic heterocycles. The minimum atomic E-state index is -1.23. The van der Waals surface area contributed by atoms with Crippen LogP contribution in [0.4, 0.5) is 0 Å². The highest BCUT2D eigenvalue weighted by molar-refractivity contribution is 6.33. The summed E-state index contributed by atoms with van der Waals surface area (Å²) in [6.07, 6.45) is -1.23. The second-order valence-corrected chi connectivity index (χ2v) is 1.77. The SMILES string of the molecule is CC(O)C(=O)O.ClC=CCl. The maximum atomic E-state index is 9.45. The third kappa shape index (κ3) is 15.7. The Bertz CT molecular complexity index is 107. The number of aliphatic carboxylic acids is 1. The van der Waals surface area contributed by atoms with Gasteiger partial charge >= 0.3 is 5.97 Å². The molecule has 0 rings (SSSR count). The van der Waals surface area contributed by atoms with Crippen LogP contribution in [0.3, 0.4) is 0 Å². The van der Waals surface area contributed by atoms with Crippen LogP contribution in [-0.4, -0.2) is 22.3 Å². The van der Waals surface area contributed by atoms with E-state index < -0.39 is 12.1 Å². The molecule has 2 N–H and O–H groups in total. The fourth-order valence-electron chi connectivity index (χ4n) is 0. The third-order valence-electron chi connectivity index (χ3n) is 0.405. The summed E-state index contributed by atoms with van der Waals surface area (Å²) in [4.78, 5) is 9.45. The van der Waals surface area contributed by atoms with Gasteiger partial charge in [0.15, 0.2) is 0 Å². The predicted octanol–water partition coefficient (Wildman–Crippen LogP) is 1.39. The van der Waals surface area contributed by atoms with Gasteiger partial charge in [0.2, 0.25) is 0 Å². The van der Waals surface area contributed by atoms with Gasteiger partial charge in [0.05, 0.1) is 0 Å². The predicted molar refractivity (Wildman–Crippen MR) is 40.2 cm³/mol. The lowest BCUT2D eigenvalue weighted by molar-refractivity contribution is -0.145. The van der Waals surface area contributed by atoms with Crippen LogP contribution in [0.25, 0.3) is 0 Å². The van der Waals surface area contributed by atoms with Gasteiger partial charge in [-0.25, -0.2) is 4.79 Å². The first-order chi connectivity index (χ1) is 4.56. The van der Waals surface area contributed by atoms with Crippen molar-refractivity contribution in [3.05, 3.63) is 11.1 Å². The number of carboxylic acid groups (broad SMARTS) is 1. The van der Waals surface area contributed by atoms with Crippen molar-refractivity contribution >= 4 is 29.2 Å². The third-order valence-corrected chi connectivity index (χ3v) is 0.786. The van der Waals surface area contributed by atoms with Crippen LogP contribution < -0.4 is 0 Å². The fourth-order valence-corrected chi connectivity index (χ4v) is 0. The van der Waals surface area contributed by atoms with Gasteiger partial charge < -0.3 is 10.2 Å². The lowest BCUT2D eigenvalue weighted by atomic mass is 10.4. The largest absolute Gasteiger partial charge is 0.479 e. The molecule has 0 fully saturated rings. The first-order valence-electron chi connectivity index (χ1n) is 2.32. The van der Waals surface area contributed by atoms with Crippen LogP contribution in [0.15, 0.2) is 11.1 Å². The van der Waals surface area contributed by atoms with E-state index >= 15 is 0 Å². The van der Waals surface area contributed by atoms with Gasteiger partial charge in [0.1, 0.15) is 6.10 Å². The quantitative estimate of drug-likeness (QED) is 0.651. The number of hydrogen-bond acceptors (Lipinski definition) is 2. The number of aliphatic hydroxyl groups excluding tert-OH is 1. The topological polar surface area (TPSA) is 57.5 Å². The van der Waals surface area contributed by atoms with Crippen LogP contribution in [-0.2, 0) is 4.79 Å². The molecule has 0 saturated heterocycles. The van der Waals surface area contributed by atoms with Gasteiger partial charge in [0.25, 0.3) is 0 Å². The van der Waals surface area contributed by atoms with Gasteiger partial charge in [-0.3, -0.25) is 0 Å². The van der Waals surface area contributed by atoms with E-state index in [1.54, 1.807) is 0 Å². The summed E-state index contributed by atoms with van der Waals surface area (Å²) in [5.74, 6) is -1.19. The van der Waals surface area contributed by atoms with Crippen LogP contribution in [0.2, 0.25) is 0 Å². The molecule has 3 nitrogen and oxygen atoms in total. The molecule has 0 aliphatic carbocycles. The Labute approximate surface area is 68.9 Å². The zero-order valence-electron chi connectivity index (χ0n) is 5.29. The van der Waals surface area contributed by atoms with E-state index in [0.29, 0.717) is 0 Å². The highest BCUT2D eigenvalue weighted by Gasteiger charge is 2.01. The number of aliphatic hydroxyl groups is 1. The molecular weight excluding hydrogens is 179 g/mol. The van der Waals surface area contributed by atoms with Crippen molar-refractivity contribution in [1.29, 1.82) is 0 Å². The molecule has 10 heavy (non-hydrogen) atoms. The monoisotopic (exact) mass is 186 g/mol. The van der Waals surface area contributed by atoms with Crippen molar-refractivity contribution in [3.8, 4) is 0 Å². The molecule has 1 unspecified atom stereocenters. The molecule has 0 amide bonds. The molecular formula is C5H8Cl2O3. The van der Waals surface area contributed by atoms with Crippen molar-refractivity contribution in [3.63, 3.8) is 0 Å². The zero-order valence-corrected chi connectivity index (χ0v) is 6.80. The molecule has 1 atom stereocenters. The van der Waals surface area contributed by atoms with Crippen molar-refractivity contribution in [2.75, 3.05) is 0 Å². The second-order valence-electron chi connectivity index (χ2n) is 1.27. The lowest BCUT2D eigenvalue weighted by Crippen LogP contribution is -2.13. The van der Waals surface area contributed by atoms with Crippen molar-refractivity contribution in [2.45, 2.75) is 13.0 Å². The molecule has 0 bridgehead atoms. The van der Waals surface area contributed by atoms with Crippen molar-refractivity contribution < 1.29 is 15.0 Å². The molecule has 0 aliphatic rings. The Balaban J connectivity index is 0.